The van der Waals surface area contributed by atoms with Crippen molar-refractivity contribution >= 4 is 5.97 Å². The van der Waals surface area contributed by atoms with E-state index in [9.17, 15) is 4.79 Å². The van der Waals surface area contributed by atoms with E-state index in [0.717, 1.165) is 13.1 Å². The standard InChI is InChI=1S/C9H18N2O2/c1-4-10-7-5-11(3)6(2)8(7)9(12)13/h6-8,10H,4-5H2,1-3H3,(H,12,13). The van der Waals surface area contributed by atoms with Gasteiger partial charge in [-0.2, -0.15) is 0 Å². The lowest BCUT2D eigenvalue weighted by molar-refractivity contribution is -0.142. The fourth-order valence-electron chi connectivity index (χ4n) is 2.03. The highest BCUT2D eigenvalue weighted by molar-refractivity contribution is 5.72. The molecule has 0 saturated carbocycles. The maximum absolute atomic E-state index is 11.0. The molecule has 76 valence electrons. The quantitative estimate of drug-likeness (QED) is 0.651. The maximum Gasteiger partial charge on any atom is 0.309 e. The second-order valence-electron chi connectivity index (χ2n) is 3.71. The summed E-state index contributed by atoms with van der Waals surface area (Å²) in [4.78, 5) is 13.1. The van der Waals surface area contributed by atoms with Crippen molar-refractivity contribution in [3.05, 3.63) is 0 Å². The van der Waals surface area contributed by atoms with Crippen molar-refractivity contribution in [2.45, 2.75) is 25.9 Å². The van der Waals surface area contributed by atoms with Crippen LogP contribution in [0.4, 0.5) is 0 Å². The summed E-state index contributed by atoms with van der Waals surface area (Å²) in [6.07, 6.45) is 0. The van der Waals surface area contributed by atoms with Gasteiger partial charge in [0.2, 0.25) is 0 Å². The number of carboxylic acids is 1. The van der Waals surface area contributed by atoms with Crippen LogP contribution in [0.2, 0.25) is 0 Å². The predicted octanol–water partition coefficient (Wildman–Crippen LogP) is -0.000800. The van der Waals surface area contributed by atoms with Crippen LogP contribution in [0.1, 0.15) is 13.8 Å². The SMILES string of the molecule is CCNC1CN(C)C(C)C1C(=O)O. The van der Waals surface area contributed by atoms with E-state index in [-0.39, 0.29) is 18.0 Å². The van der Waals surface area contributed by atoms with Gasteiger partial charge in [-0.05, 0) is 20.5 Å². The van der Waals surface area contributed by atoms with Gasteiger partial charge in [0.25, 0.3) is 0 Å². The minimum Gasteiger partial charge on any atom is -0.481 e. The molecule has 1 rings (SSSR count). The number of hydrogen-bond acceptors (Lipinski definition) is 3. The lowest BCUT2D eigenvalue weighted by Gasteiger charge is -2.18. The lowest BCUT2D eigenvalue weighted by Crippen LogP contribution is -2.40. The maximum atomic E-state index is 11.0. The Balaban J connectivity index is 2.68. The summed E-state index contributed by atoms with van der Waals surface area (Å²) in [6.45, 7) is 5.62. The Bertz CT molecular complexity index is 196. The van der Waals surface area contributed by atoms with E-state index in [2.05, 4.69) is 10.2 Å². The molecule has 1 saturated heterocycles. The molecule has 0 aromatic heterocycles. The first-order chi connectivity index (χ1) is 6.07. The molecule has 0 aromatic rings. The van der Waals surface area contributed by atoms with Gasteiger partial charge in [-0.3, -0.25) is 4.79 Å². The number of likely N-dealkylation sites (N-methyl/N-ethyl adjacent to an activating group) is 2. The highest BCUT2D eigenvalue weighted by atomic mass is 16.4. The monoisotopic (exact) mass is 186 g/mol. The van der Waals surface area contributed by atoms with Crippen molar-refractivity contribution < 1.29 is 9.90 Å². The van der Waals surface area contributed by atoms with E-state index in [4.69, 9.17) is 5.11 Å². The van der Waals surface area contributed by atoms with Crippen LogP contribution in [-0.2, 0) is 4.79 Å². The van der Waals surface area contributed by atoms with Gasteiger partial charge < -0.3 is 15.3 Å². The molecule has 1 aliphatic heterocycles. The number of nitrogens with zero attached hydrogens (tertiary/aromatic N) is 1. The first-order valence-electron chi connectivity index (χ1n) is 4.74. The van der Waals surface area contributed by atoms with Crippen molar-refractivity contribution in [1.29, 1.82) is 0 Å². The van der Waals surface area contributed by atoms with E-state index in [1.807, 2.05) is 20.9 Å². The fraction of sp³-hybridized carbons (Fsp3) is 0.889. The summed E-state index contributed by atoms with van der Waals surface area (Å²) in [5, 5.41) is 12.2. The van der Waals surface area contributed by atoms with Gasteiger partial charge in [-0.1, -0.05) is 6.92 Å². The first-order valence-corrected chi connectivity index (χ1v) is 4.74. The van der Waals surface area contributed by atoms with Crippen LogP contribution in [0.15, 0.2) is 0 Å². The Labute approximate surface area is 78.9 Å². The van der Waals surface area contributed by atoms with Crippen LogP contribution in [0.3, 0.4) is 0 Å². The van der Waals surface area contributed by atoms with Gasteiger partial charge in [0.15, 0.2) is 0 Å². The Kier molecular flexibility index (Phi) is 3.27. The number of hydrogen-bond donors (Lipinski definition) is 2. The number of aliphatic carboxylic acids is 1. The molecule has 0 bridgehead atoms. The van der Waals surface area contributed by atoms with Crippen LogP contribution >= 0.6 is 0 Å². The molecule has 0 spiro atoms. The van der Waals surface area contributed by atoms with E-state index in [1.54, 1.807) is 0 Å². The topological polar surface area (TPSA) is 52.6 Å². The Morgan fingerprint density at radius 1 is 1.69 bits per heavy atom. The van der Waals surface area contributed by atoms with E-state index in [1.165, 1.54) is 0 Å². The minimum absolute atomic E-state index is 0.0995. The summed E-state index contributed by atoms with van der Waals surface area (Å²) in [5.41, 5.74) is 0. The molecule has 3 atom stereocenters. The smallest absolute Gasteiger partial charge is 0.309 e. The van der Waals surface area contributed by atoms with Gasteiger partial charge in [0.05, 0.1) is 5.92 Å². The third-order valence-corrected chi connectivity index (χ3v) is 2.88. The lowest BCUT2D eigenvalue weighted by atomic mass is 9.98. The molecule has 0 amide bonds. The molecule has 13 heavy (non-hydrogen) atoms. The molecular formula is C9H18N2O2. The molecule has 3 unspecified atom stereocenters. The Hall–Kier alpha value is -0.610. The van der Waals surface area contributed by atoms with Gasteiger partial charge in [-0.15, -0.1) is 0 Å². The van der Waals surface area contributed by atoms with Crippen molar-refractivity contribution in [2.75, 3.05) is 20.1 Å². The third-order valence-electron chi connectivity index (χ3n) is 2.88. The number of likely N-dealkylation sites (tertiary alicyclic amines) is 1. The van der Waals surface area contributed by atoms with E-state index < -0.39 is 5.97 Å². The van der Waals surface area contributed by atoms with Crippen LogP contribution in [0.5, 0.6) is 0 Å². The minimum atomic E-state index is -0.692. The van der Waals surface area contributed by atoms with Gasteiger partial charge >= 0.3 is 5.97 Å². The summed E-state index contributed by atoms with van der Waals surface area (Å²) in [5.74, 6) is -0.965. The van der Waals surface area contributed by atoms with Crippen molar-refractivity contribution in [2.24, 2.45) is 5.92 Å². The van der Waals surface area contributed by atoms with Crippen molar-refractivity contribution in [3.63, 3.8) is 0 Å². The normalized spacial score (nSPS) is 35.2. The molecule has 4 heteroatoms. The van der Waals surface area contributed by atoms with Crippen LogP contribution < -0.4 is 5.32 Å². The summed E-state index contributed by atoms with van der Waals surface area (Å²) in [6, 6.07) is 0.226. The Morgan fingerprint density at radius 2 is 2.31 bits per heavy atom. The summed E-state index contributed by atoms with van der Waals surface area (Å²) >= 11 is 0. The molecule has 1 aliphatic rings. The van der Waals surface area contributed by atoms with Crippen molar-refractivity contribution in [3.8, 4) is 0 Å². The molecule has 1 heterocycles. The molecule has 1 fully saturated rings. The third kappa shape index (κ3) is 2.00. The first kappa shape index (κ1) is 10.5. The summed E-state index contributed by atoms with van der Waals surface area (Å²) < 4.78 is 0. The molecule has 0 aliphatic carbocycles. The molecule has 4 nitrogen and oxygen atoms in total. The highest BCUT2D eigenvalue weighted by Crippen LogP contribution is 2.23. The zero-order valence-electron chi connectivity index (χ0n) is 8.45. The Morgan fingerprint density at radius 3 is 2.77 bits per heavy atom. The summed E-state index contributed by atoms with van der Waals surface area (Å²) in [7, 11) is 1.97. The van der Waals surface area contributed by atoms with Gasteiger partial charge in [0.1, 0.15) is 0 Å². The fourth-order valence-corrected chi connectivity index (χ4v) is 2.03. The average molecular weight is 186 g/mol. The largest absolute Gasteiger partial charge is 0.481 e. The second kappa shape index (κ2) is 4.07. The number of nitrogens with one attached hydrogen (secondary N) is 1. The molecule has 0 radical (unpaired) electrons. The van der Waals surface area contributed by atoms with Crippen LogP contribution in [0.25, 0.3) is 0 Å². The number of carboxylic acid groups (broad SMARTS) is 1. The predicted molar refractivity (Wildman–Crippen MR) is 50.7 cm³/mol. The number of rotatable bonds is 3. The van der Waals surface area contributed by atoms with Gasteiger partial charge in [-0.25, -0.2) is 0 Å². The number of carbonyl (C=O) groups is 1. The van der Waals surface area contributed by atoms with Crippen LogP contribution in [-0.4, -0.2) is 48.2 Å². The van der Waals surface area contributed by atoms with E-state index in [0.29, 0.717) is 0 Å². The zero-order chi connectivity index (χ0) is 10.0. The zero-order valence-corrected chi connectivity index (χ0v) is 8.45. The van der Waals surface area contributed by atoms with Crippen molar-refractivity contribution in [1.82, 2.24) is 10.2 Å². The van der Waals surface area contributed by atoms with Gasteiger partial charge in [0, 0.05) is 18.6 Å². The molecule has 0 aromatic carbocycles. The molecule has 2 N–H and O–H groups in total. The highest BCUT2D eigenvalue weighted by Gasteiger charge is 2.41. The second-order valence-corrected chi connectivity index (χ2v) is 3.71. The van der Waals surface area contributed by atoms with Crippen LogP contribution in [0, 0.1) is 5.92 Å². The molecular weight excluding hydrogens is 168 g/mol. The van der Waals surface area contributed by atoms with E-state index >= 15 is 0 Å². The average Bonchev–Trinajstić information content (AvgIpc) is 2.28.